The summed E-state index contributed by atoms with van der Waals surface area (Å²) in [7, 11) is 1.22. The van der Waals surface area contributed by atoms with Crippen molar-refractivity contribution in [3.05, 3.63) is 176 Å². The van der Waals surface area contributed by atoms with Crippen LogP contribution in [0.5, 0.6) is 0 Å². The first-order valence-corrected chi connectivity index (χ1v) is 30.3. The highest BCUT2D eigenvalue weighted by Gasteiger charge is 2.80. The summed E-state index contributed by atoms with van der Waals surface area (Å²) in [5, 5.41) is 37.6. The lowest BCUT2D eigenvalue weighted by Crippen LogP contribution is -2.65. The number of amides is 2. The third kappa shape index (κ3) is 10.5. The van der Waals surface area contributed by atoms with Gasteiger partial charge in [0.05, 0.1) is 29.6 Å². The van der Waals surface area contributed by atoms with Gasteiger partial charge in [0.15, 0.2) is 11.6 Å². The van der Waals surface area contributed by atoms with Gasteiger partial charge in [0, 0.05) is 46.6 Å². The van der Waals surface area contributed by atoms with Crippen molar-refractivity contribution in [1.82, 2.24) is 0 Å². The minimum Gasteiger partial charge on any atom is -0.478 e. The summed E-state index contributed by atoms with van der Waals surface area (Å²) in [6.07, 6.45) is -6.89. The third-order valence-electron chi connectivity index (χ3n) is 21.7. The molecule has 4 saturated carbocycles. The van der Waals surface area contributed by atoms with Crippen molar-refractivity contribution in [1.29, 1.82) is 0 Å². The van der Waals surface area contributed by atoms with E-state index in [1.165, 1.54) is 69.5 Å². The van der Waals surface area contributed by atoms with Gasteiger partial charge in [0.25, 0.3) is 11.8 Å². The fraction of sp³-hybridized carbons (Fsp3) is 0.449. The number of esters is 1. The van der Waals surface area contributed by atoms with Crippen LogP contribution in [0.25, 0.3) is 0 Å². The van der Waals surface area contributed by atoms with Gasteiger partial charge in [-0.15, -0.1) is 0 Å². The molecule has 4 fully saturated rings. The normalized spacial score (nSPS) is 29.6. The molecule has 12 rings (SSSR count). The molecule has 0 saturated heterocycles. The van der Waals surface area contributed by atoms with E-state index >= 15 is 17.6 Å². The SMILES string of the molecule is COC(=O)c1ccccc1NC(=O)c1ccc([C@H]2C[C@@]3(C)[C@@H](CC[C@@]3(O)C(F)(F)C(F)(F)F)[C@@H]3CCC4=CC(=O)CCC4=C32)cc1.C[C@]12C[C@H](c3ccc(C(=O)Nc4ccccc4C(=O)O)cc3)C3=C4CCC(=O)C=C4CCC3[C@@H]1CC[C@@]2(O)C(F)(F)C(F)(F)F. The maximum atomic E-state index is 15.2. The van der Waals surface area contributed by atoms with E-state index in [1.807, 2.05) is 0 Å². The molecule has 91 heavy (non-hydrogen) atoms. The number of hydrogen-bond donors (Lipinski definition) is 5. The third-order valence-corrected chi connectivity index (χ3v) is 21.7. The van der Waals surface area contributed by atoms with Crippen LogP contribution in [-0.2, 0) is 14.3 Å². The maximum absolute atomic E-state index is 15.2. The van der Waals surface area contributed by atoms with Crippen LogP contribution in [0.4, 0.5) is 55.3 Å². The molecule has 5 N–H and O–H groups in total. The highest BCUT2D eigenvalue weighted by Crippen LogP contribution is 2.73. The molecule has 0 spiro atoms. The molecule has 12 nitrogen and oxygen atoms in total. The molecule has 0 radical (unpaired) electrons. The number of carbonyl (C=O) groups is 6. The number of nitrogens with one attached hydrogen (secondary N) is 2. The van der Waals surface area contributed by atoms with Gasteiger partial charge in [-0.2, -0.15) is 43.9 Å². The molecule has 0 aromatic heterocycles. The lowest BCUT2D eigenvalue weighted by atomic mass is 9.50. The van der Waals surface area contributed by atoms with Gasteiger partial charge in [0.1, 0.15) is 11.2 Å². The second kappa shape index (κ2) is 23.1. The van der Waals surface area contributed by atoms with Crippen molar-refractivity contribution in [3.63, 3.8) is 0 Å². The van der Waals surface area contributed by atoms with Crippen molar-refractivity contribution in [2.75, 3.05) is 17.7 Å². The molecule has 10 atom stereocenters. The topological polar surface area (TPSA) is 196 Å². The number of allylic oxidation sites excluding steroid dienone is 8. The lowest BCUT2D eigenvalue weighted by molar-refractivity contribution is -0.362. The standard InChI is InChI=1S/C35H34F5NO5.C34H32F5NO5/c1-32-18-26(19-7-9-20(10-8-19)30(43)41-28-6-4-3-5-25(28)31(44)46-2)29-23-14-12-22(42)17-21(23)11-13-24(29)27(32)15-16-33(32,45)34(36,37)35(38,39)40;1-31-17-25(18-6-8-19(9-7-18)29(42)40-27-5-3-2-4-24(27)30(43)44)28-22-13-11-21(41)16-20(22)10-12-23(28)26(31)14-15-32(31,45)33(35,36)34(37,38)39/h3-10,17,24,26-27,45H,11-16,18H2,1-2H3,(H,41,43);2-9,16,23,25-26,45H,10-15,17H2,1H3,(H,40,42)(H,43,44)/t24-,26+,27-,32-,33-;23?,25-,26+,31+,32+/m01/s1. The zero-order valence-electron chi connectivity index (χ0n) is 49.7. The summed E-state index contributed by atoms with van der Waals surface area (Å²) >= 11 is 0. The fourth-order valence-corrected chi connectivity index (χ4v) is 17.2. The molecular weight excluding hydrogens is 1210 g/mol. The Hall–Kier alpha value is -7.72. The largest absolute Gasteiger partial charge is 0.478 e. The van der Waals surface area contributed by atoms with Crippen LogP contribution in [0, 0.1) is 34.5 Å². The number of benzene rings is 4. The van der Waals surface area contributed by atoms with E-state index in [-0.39, 0.29) is 95.6 Å². The number of ketones is 2. The molecule has 0 heterocycles. The van der Waals surface area contributed by atoms with E-state index in [9.17, 15) is 70.4 Å². The van der Waals surface area contributed by atoms with Crippen molar-refractivity contribution < 1.29 is 92.7 Å². The van der Waals surface area contributed by atoms with E-state index in [1.54, 1.807) is 60.7 Å². The molecule has 1 unspecified atom stereocenters. The minimum absolute atomic E-state index is 0.000744. The predicted octanol–water partition coefficient (Wildman–Crippen LogP) is 15.0. The zero-order chi connectivity index (χ0) is 65.8. The van der Waals surface area contributed by atoms with Gasteiger partial charge >= 0.3 is 36.1 Å². The van der Waals surface area contributed by atoms with E-state index in [4.69, 9.17) is 4.74 Å². The first kappa shape index (κ1) is 64.8. The van der Waals surface area contributed by atoms with Crippen LogP contribution < -0.4 is 10.6 Å². The van der Waals surface area contributed by atoms with Crippen LogP contribution in [0.1, 0.15) is 168 Å². The predicted molar refractivity (Wildman–Crippen MR) is 312 cm³/mol. The minimum atomic E-state index is -5.94. The summed E-state index contributed by atoms with van der Waals surface area (Å²) in [5.74, 6) is -16.8. The van der Waals surface area contributed by atoms with Crippen molar-refractivity contribution in [3.8, 4) is 0 Å². The smallest absolute Gasteiger partial charge is 0.456 e. The van der Waals surface area contributed by atoms with Crippen LogP contribution in [0.2, 0.25) is 0 Å². The van der Waals surface area contributed by atoms with E-state index in [2.05, 4.69) is 10.6 Å². The van der Waals surface area contributed by atoms with E-state index in [0.717, 1.165) is 33.4 Å². The van der Waals surface area contributed by atoms with Crippen molar-refractivity contribution in [2.45, 2.75) is 151 Å². The Morgan fingerprint density at radius 3 is 1.26 bits per heavy atom. The van der Waals surface area contributed by atoms with Crippen LogP contribution in [0.3, 0.4) is 0 Å². The average molecular weight is 1270 g/mol. The van der Waals surface area contributed by atoms with E-state index in [0.29, 0.717) is 49.7 Å². The first-order chi connectivity index (χ1) is 42.7. The number of fused-ring (bicyclic) bond motifs is 8. The van der Waals surface area contributed by atoms with Gasteiger partial charge in [-0.1, -0.05) is 73.5 Å². The van der Waals surface area contributed by atoms with Gasteiger partial charge < -0.3 is 30.7 Å². The Bertz CT molecular complexity index is 3790. The number of carboxylic acid groups (broad SMARTS) is 1. The summed E-state index contributed by atoms with van der Waals surface area (Å²) in [6.45, 7) is 2.73. The Morgan fingerprint density at radius 2 is 0.890 bits per heavy atom. The van der Waals surface area contributed by atoms with Crippen LogP contribution >= 0.6 is 0 Å². The molecule has 0 aliphatic heterocycles. The van der Waals surface area contributed by atoms with Gasteiger partial charge in [-0.3, -0.25) is 19.2 Å². The number of halogens is 10. The molecule has 2 amide bonds. The molecule has 4 aromatic carbocycles. The molecular formula is C69H66F10N2O10. The number of hydrogen-bond acceptors (Lipinski definition) is 9. The molecule has 8 aliphatic rings. The first-order valence-electron chi connectivity index (χ1n) is 30.3. The number of carbonyl (C=O) groups excluding carboxylic acids is 5. The lowest BCUT2D eigenvalue weighted by Gasteiger charge is -2.56. The number of anilines is 2. The zero-order valence-corrected chi connectivity index (χ0v) is 49.7. The van der Waals surface area contributed by atoms with Gasteiger partial charge in [-0.05, 0) is 195 Å². The highest BCUT2D eigenvalue weighted by molar-refractivity contribution is 6.09. The number of aromatic carboxylic acids is 1. The number of methoxy groups -OCH3 is 1. The average Bonchev–Trinajstić information content (AvgIpc) is 1.61. The number of alkyl halides is 10. The molecule has 4 aromatic rings. The Kier molecular flexibility index (Phi) is 16.5. The molecule has 0 bridgehead atoms. The number of carboxylic acids is 1. The Labute approximate surface area is 516 Å². The van der Waals surface area contributed by atoms with Gasteiger partial charge in [-0.25, -0.2) is 9.59 Å². The maximum Gasteiger partial charge on any atom is 0.456 e. The second-order valence-electron chi connectivity index (χ2n) is 26.0. The van der Waals surface area contributed by atoms with E-state index < -0.39 is 106 Å². The Morgan fingerprint density at radius 1 is 0.516 bits per heavy atom. The summed E-state index contributed by atoms with van der Waals surface area (Å²) in [4.78, 5) is 74.4. The molecule has 22 heteroatoms. The molecule has 482 valence electrons. The Balaban J connectivity index is 0.000000187. The monoisotopic (exact) mass is 1270 g/mol. The summed E-state index contributed by atoms with van der Waals surface area (Å²) in [5.41, 5.74) is -2.64. The fourth-order valence-electron chi connectivity index (χ4n) is 17.2. The molecule has 8 aliphatic carbocycles. The highest BCUT2D eigenvalue weighted by atomic mass is 19.4. The quantitative estimate of drug-likeness (QED) is 0.0753. The van der Waals surface area contributed by atoms with Crippen LogP contribution in [-0.4, -0.2) is 93.1 Å². The summed E-state index contributed by atoms with van der Waals surface area (Å²) in [6, 6.07) is 24.8. The van der Waals surface area contributed by atoms with Crippen molar-refractivity contribution in [2.24, 2.45) is 34.5 Å². The number of aliphatic hydroxyl groups is 2. The second-order valence-corrected chi connectivity index (χ2v) is 26.0. The number of rotatable bonds is 10. The summed E-state index contributed by atoms with van der Waals surface area (Å²) < 4.78 is 148. The van der Waals surface area contributed by atoms with Crippen molar-refractivity contribution >= 4 is 46.7 Å². The van der Waals surface area contributed by atoms with Gasteiger partial charge in [0.2, 0.25) is 0 Å². The number of ether oxygens (including phenoxy) is 1. The number of para-hydroxylation sites is 2. The van der Waals surface area contributed by atoms with Crippen LogP contribution in [0.15, 0.2) is 143 Å².